The lowest BCUT2D eigenvalue weighted by molar-refractivity contribution is -0.385. The average Bonchev–Trinajstić information content (AvgIpc) is 2.36. The summed E-state index contributed by atoms with van der Waals surface area (Å²) < 4.78 is 23.9. The molecule has 1 atom stereocenters. The van der Waals surface area contributed by atoms with Gasteiger partial charge in [0, 0.05) is 11.9 Å². The second kappa shape index (κ2) is 5.33. The van der Waals surface area contributed by atoms with E-state index in [2.05, 4.69) is 0 Å². The summed E-state index contributed by atoms with van der Waals surface area (Å²) in [5.41, 5.74) is -0.710. The zero-order valence-electron chi connectivity index (χ0n) is 9.33. The first-order valence-electron chi connectivity index (χ1n) is 4.83. The van der Waals surface area contributed by atoms with Crippen molar-refractivity contribution in [3.05, 3.63) is 33.9 Å². The van der Waals surface area contributed by atoms with Crippen LogP contribution in [0.1, 0.15) is 12.5 Å². The van der Waals surface area contributed by atoms with Crippen LogP contribution in [0.2, 0.25) is 0 Å². The standard InChI is InChI=1S/C10H9ClN2O4S/c1-7(5-11)18(16,17)9-3-2-8(6-12)10(4-9)13(14)15/h2-4,7H,5H2,1H3. The number of rotatable bonds is 4. The summed E-state index contributed by atoms with van der Waals surface area (Å²) >= 11 is 5.48. The topological polar surface area (TPSA) is 101 Å². The molecule has 96 valence electrons. The van der Waals surface area contributed by atoms with E-state index >= 15 is 0 Å². The zero-order chi connectivity index (χ0) is 13.9. The Kier molecular flexibility index (Phi) is 4.27. The molecule has 0 aliphatic rings. The van der Waals surface area contributed by atoms with Crippen molar-refractivity contribution in [3.8, 4) is 6.07 Å². The molecule has 0 N–H and O–H groups in total. The summed E-state index contributed by atoms with van der Waals surface area (Å²) in [7, 11) is -3.72. The largest absolute Gasteiger partial charge is 0.288 e. The molecular formula is C10H9ClN2O4S. The van der Waals surface area contributed by atoms with Gasteiger partial charge in [0.1, 0.15) is 11.6 Å². The molecule has 1 rings (SSSR count). The van der Waals surface area contributed by atoms with Crippen LogP contribution < -0.4 is 0 Å². The third-order valence-corrected chi connectivity index (χ3v) is 5.14. The van der Waals surface area contributed by atoms with Crippen LogP contribution in [0.15, 0.2) is 23.1 Å². The minimum atomic E-state index is -3.72. The van der Waals surface area contributed by atoms with Gasteiger partial charge in [-0.25, -0.2) is 8.42 Å². The predicted octanol–water partition coefficient (Wildman–Crippen LogP) is 1.87. The molecule has 0 aromatic heterocycles. The molecule has 0 amide bonds. The minimum absolute atomic E-state index is 0.115. The lowest BCUT2D eigenvalue weighted by atomic mass is 10.2. The first kappa shape index (κ1) is 14.4. The van der Waals surface area contributed by atoms with Gasteiger partial charge in [-0.1, -0.05) is 0 Å². The molecule has 1 unspecified atom stereocenters. The second-order valence-corrected chi connectivity index (χ2v) is 6.23. The van der Waals surface area contributed by atoms with E-state index in [0.717, 1.165) is 12.1 Å². The van der Waals surface area contributed by atoms with Crippen molar-refractivity contribution in [2.45, 2.75) is 17.1 Å². The molecule has 0 spiro atoms. The first-order valence-corrected chi connectivity index (χ1v) is 6.91. The van der Waals surface area contributed by atoms with Crippen LogP contribution in [-0.4, -0.2) is 24.5 Å². The van der Waals surface area contributed by atoms with Gasteiger partial charge in [0.15, 0.2) is 9.84 Å². The third kappa shape index (κ3) is 2.60. The Labute approximate surface area is 109 Å². The lowest BCUT2D eigenvalue weighted by Gasteiger charge is -2.09. The highest BCUT2D eigenvalue weighted by atomic mass is 35.5. The van der Waals surface area contributed by atoms with Gasteiger partial charge < -0.3 is 0 Å². The van der Waals surface area contributed by atoms with Crippen molar-refractivity contribution in [1.82, 2.24) is 0 Å². The molecule has 0 saturated heterocycles. The lowest BCUT2D eigenvalue weighted by Crippen LogP contribution is -2.19. The maximum atomic E-state index is 11.9. The number of nitriles is 1. The van der Waals surface area contributed by atoms with Crippen LogP contribution in [-0.2, 0) is 9.84 Å². The molecule has 6 nitrogen and oxygen atoms in total. The highest BCUT2D eigenvalue weighted by Crippen LogP contribution is 2.25. The summed E-state index contributed by atoms with van der Waals surface area (Å²) in [5, 5.41) is 18.6. The number of nitro groups is 1. The van der Waals surface area contributed by atoms with Crippen molar-refractivity contribution in [3.63, 3.8) is 0 Å². The Hall–Kier alpha value is -1.65. The smallest absolute Gasteiger partial charge is 0.258 e. The Morgan fingerprint density at radius 2 is 2.17 bits per heavy atom. The number of halogens is 1. The van der Waals surface area contributed by atoms with E-state index in [9.17, 15) is 18.5 Å². The van der Waals surface area contributed by atoms with Crippen molar-refractivity contribution < 1.29 is 13.3 Å². The van der Waals surface area contributed by atoms with Crippen LogP contribution in [0.25, 0.3) is 0 Å². The fourth-order valence-electron chi connectivity index (χ4n) is 1.25. The number of nitrogens with zero attached hydrogens (tertiary/aromatic N) is 2. The van der Waals surface area contributed by atoms with Gasteiger partial charge in [-0.15, -0.1) is 11.6 Å². The molecule has 0 heterocycles. The maximum Gasteiger partial charge on any atom is 0.288 e. The van der Waals surface area contributed by atoms with Gasteiger partial charge in [0.05, 0.1) is 15.1 Å². The van der Waals surface area contributed by atoms with E-state index in [1.165, 1.54) is 13.0 Å². The maximum absolute atomic E-state index is 11.9. The third-order valence-electron chi connectivity index (χ3n) is 2.36. The van der Waals surface area contributed by atoms with E-state index in [4.69, 9.17) is 16.9 Å². The molecule has 0 saturated carbocycles. The first-order chi connectivity index (χ1) is 8.34. The molecular weight excluding hydrogens is 280 g/mol. The number of nitro benzene ring substituents is 1. The van der Waals surface area contributed by atoms with E-state index in [0.29, 0.717) is 0 Å². The van der Waals surface area contributed by atoms with Crippen molar-refractivity contribution >= 4 is 27.1 Å². The highest BCUT2D eigenvalue weighted by Gasteiger charge is 2.26. The van der Waals surface area contributed by atoms with Gasteiger partial charge in [0.2, 0.25) is 0 Å². The number of alkyl halides is 1. The molecule has 1 aromatic carbocycles. The fraction of sp³-hybridized carbons (Fsp3) is 0.300. The zero-order valence-corrected chi connectivity index (χ0v) is 10.9. The van der Waals surface area contributed by atoms with Gasteiger partial charge >= 0.3 is 0 Å². The Morgan fingerprint density at radius 1 is 1.56 bits per heavy atom. The monoisotopic (exact) mass is 288 g/mol. The summed E-state index contributed by atoms with van der Waals surface area (Å²) in [6.45, 7) is 1.41. The van der Waals surface area contributed by atoms with Crippen LogP contribution in [0.4, 0.5) is 5.69 Å². The number of hydrogen-bond donors (Lipinski definition) is 0. The molecule has 0 aliphatic carbocycles. The molecule has 1 aromatic rings. The summed E-state index contributed by atoms with van der Waals surface area (Å²) in [6.07, 6.45) is 0. The minimum Gasteiger partial charge on any atom is -0.258 e. The van der Waals surface area contributed by atoms with E-state index in [1.54, 1.807) is 6.07 Å². The van der Waals surface area contributed by atoms with Crippen molar-refractivity contribution in [2.24, 2.45) is 0 Å². The number of benzene rings is 1. The van der Waals surface area contributed by atoms with E-state index < -0.39 is 25.7 Å². The molecule has 0 radical (unpaired) electrons. The van der Waals surface area contributed by atoms with E-state index in [-0.39, 0.29) is 16.3 Å². The molecule has 0 aliphatic heterocycles. The van der Waals surface area contributed by atoms with Gasteiger partial charge in [0.25, 0.3) is 5.69 Å². The molecule has 18 heavy (non-hydrogen) atoms. The van der Waals surface area contributed by atoms with E-state index in [1.807, 2.05) is 0 Å². The van der Waals surface area contributed by atoms with Crippen molar-refractivity contribution in [2.75, 3.05) is 5.88 Å². The number of sulfone groups is 1. The quantitative estimate of drug-likeness (QED) is 0.478. The fourth-order valence-corrected chi connectivity index (χ4v) is 2.91. The van der Waals surface area contributed by atoms with Gasteiger partial charge in [-0.05, 0) is 19.1 Å². The van der Waals surface area contributed by atoms with Crippen molar-refractivity contribution in [1.29, 1.82) is 5.26 Å². The second-order valence-electron chi connectivity index (χ2n) is 3.56. The summed E-state index contributed by atoms with van der Waals surface area (Å²) in [5.74, 6) is -0.115. The Bertz CT molecular complexity index is 621. The van der Waals surface area contributed by atoms with Crippen LogP contribution >= 0.6 is 11.6 Å². The Balaban J connectivity index is 3.43. The normalized spacial score (nSPS) is 12.7. The van der Waals surface area contributed by atoms with Gasteiger partial charge in [-0.2, -0.15) is 5.26 Å². The Morgan fingerprint density at radius 3 is 2.61 bits per heavy atom. The summed E-state index contributed by atoms with van der Waals surface area (Å²) in [4.78, 5) is 9.74. The van der Waals surface area contributed by atoms with Crippen LogP contribution in [0.5, 0.6) is 0 Å². The van der Waals surface area contributed by atoms with Gasteiger partial charge in [-0.3, -0.25) is 10.1 Å². The average molecular weight is 289 g/mol. The molecule has 0 fully saturated rings. The van der Waals surface area contributed by atoms with Crippen LogP contribution in [0, 0.1) is 21.4 Å². The summed E-state index contributed by atoms with van der Waals surface area (Å²) in [6, 6.07) is 4.81. The highest BCUT2D eigenvalue weighted by molar-refractivity contribution is 7.92. The number of hydrogen-bond acceptors (Lipinski definition) is 5. The molecule has 8 heteroatoms. The predicted molar refractivity (Wildman–Crippen MR) is 65.2 cm³/mol. The van der Waals surface area contributed by atoms with Crippen LogP contribution in [0.3, 0.4) is 0 Å². The molecule has 0 bridgehead atoms. The SMILES string of the molecule is CC(CCl)S(=O)(=O)c1ccc(C#N)c([N+](=O)[O-])c1.